The number of pyridine rings is 1. The van der Waals surface area contributed by atoms with E-state index < -0.39 is 0 Å². The number of aromatic nitrogens is 1. The fourth-order valence-electron chi connectivity index (χ4n) is 2.12. The number of nitrogens with zero attached hydrogens (tertiary/aromatic N) is 2. The Hall–Kier alpha value is -1.39. The lowest BCUT2D eigenvalue weighted by Gasteiger charge is -2.14. The van der Waals surface area contributed by atoms with Crippen molar-refractivity contribution in [3.63, 3.8) is 0 Å². The summed E-state index contributed by atoms with van der Waals surface area (Å²) in [5, 5.41) is 0. The summed E-state index contributed by atoms with van der Waals surface area (Å²) in [5.41, 5.74) is 6.63. The van der Waals surface area contributed by atoms with Crippen LogP contribution in [0.5, 0.6) is 5.88 Å². The Morgan fingerprint density at radius 3 is 2.94 bits per heavy atom. The van der Waals surface area contributed by atoms with Gasteiger partial charge in [-0.2, -0.15) is 0 Å². The molecule has 0 aromatic carbocycles. The van der Waals surface area contributed by atoms with E-state index in [0.717, 1.165) is 6.54 Å². The lowest BCUT2D eigenvalue weighted by Crippen LogP contribution is -2.18. The molecule has 1 aromatic heterocycles. The normalized spacial score (nSPS) is 16.5. The van der Waals surface area contributed by atoms with Crippen molar-refractivity contribution in [2.75, 3.05) is 26.2 Å². The quantitative estimate of drug-likeness (QED) is 0.775. The molecule has 2 heterocycles. The second kappa shape index (κ2) is 7.13. The fraction of sp³-hybridized carbons (Fsp3) is 0.500. The zero-order chi connectivity index (χ0) is 12.6. The number of hydrogen-bond acceptors (Lipinski definition) is 4. The van der Waals surface area contributed by atoms with Gasteiger partial charge in [-0.25, -0.2) is 4.98 Å². The van der Waals surface area contributed by atoms with Crippen molar-refractivity contribution in [2.24, 2.45) is 5.73 Å². The van der Waals surface area contributed by atoms with Crippen LogP contribution < -0.4 is 10.5 Å². The highest BCUT2D eigenvalue weighted by Crippen LogP contribution is 2.15. The van der Waals surface area contributed by atoms with Crippen LogP contribution in [0, 0.1) is 0 Å². The molecular weight excluding hydrogens is 226 g/mol. The predicted octanol–water partition coefficient (Wildman–Crippen LogP) is 1.57. The summed E-state index contributed by atoms with van der Waals surface area (Å²) in [7, 11) is 0. The van der Waals surface area contributed by atoms with Gasteiger partial charge in [0.15, 0.2) is 0 Å². The maximum Gasteiger partial charge on any atom is 0.213 e. The molecule has 2 N–H and O–H groups in total. The van der Waals surface area contributed by atoms with Gasteiger partial charge in [0, 0.05) is 25.4 Å². The van der Waals surface area contributed by atoms with Gasteiger partial charge in [-0.1, -0.05) is 12.2 Å². The molecule has 0 saturated carbocycles. The SMILES string of the molecule is NCC=CCOc1cc(CN2CCCC2)ccn1. The summed E-state index contributed by atoms with van der Waals surface area (Å²) in [6.45, 7) is 4.48. The first-order chi connectivity index (χ1) is 8.88. The maximum absolute atomic E-state index is 5.54. The molecule has 18 heavy (non-hydrogen) atoms. The Kier molecular flexibility index (Phi) is 5.17. The highest BCUT2D eigenvalue weighted by molar-refractivity contribution is 5.20. The number of ether oxygens (including phenoxy) is 1. The molecule has 4 heteroatoms. The third kappa shape index (κ3) is 4.13. The first kappa shape index (κ1) is 13.1. The van der Waals surface area contributed by atoms with Crippen LogP contribution >= 0.6 is 0 Å². The third-order valence-corrected chi connectivity index (χ3v) is 3.03. The van der Waals surface area contributed by atoms with E-state index in [2.05, 4.69) is 16.0 Å². The van der Waals surface area contributed by atoms with Crippen LogP contribution in [-0.4, -0.2) is 36.1 Å². The molecule has 0 bridgehead atoms. The smallest absolute Gasteiger partial charge is 0.213 e. The van der Waals surface area contributed by atoms with E-state index in [0.29, 0.717) is 19.0 Å². The first-order valence-corrected chi connectivity index (χ1v) is 6.53. The lowest BCUT2D eigenvalue weighted by atomic mass is 10.2. The highest BCUT2D eigenvalue weighted by atomic mass is 16.5. The van der Waals surface area contributed by atoms with E-state index in [1.807, 2.05) is 24.4 Å². The Bertz CT molecular complexity index is 386. The number of likely N-dealkylation sites (tertiary alicyclic amines) is 1. The number of rotatable bonds is 6. The van der Waals surface area contributed by atoms with E-state index in [1.54, 1.807) is 0 Å². The van der Waals surface area contributed by atoms with Crippen LogP contribution in [-0.2, 0) is 6.54 Å². The maximum atomic E-state index is 5.54. The summed E-state index contributed by atoms with van der Waals surface area (Å²) in [5.74, 6) is 0.688. The molecule has 2 rings (SSSR count). The van der Waals surface area contributed by atoms with Gasteiger partial charge in [0.25, 0.3) is 0 Å². The molecule has 4 nitrogen and oxygen atoms in total. The first-order valence-electron chi connectivity index (χ1n) is 6.53. The van der Waals surface area contributed by atoms with Crippen LogP contribution in [0.1, 0.15) is 18.4 Å². The topological polar surface area (TPSA) is 51.4 Å². The molecule has 0 amide bonds. The molecule has 0 spiro atoms. The van der Waals surface area contributed by atoms with Gasteiger partial charge in [-0.3, -0.25) is 4.90 Å². The van der Waals surface area contributed by atoms with Gasteiger partial charge in [-0.05, 0) is 37.6 Å². The highest BCUT2D eigenvalue weighted by Gasteiger charge is 2.11. The Morgan fingerprint density at radius 2 is 2.17 bits per heavy atom. The van der Waals surface area contributed by atoms with Crippen molar-refractivity contribution in [3.8, 4) is 5.88 Å². The molecule has 1 aliphatic rings. The molecule has 1 fully saturated rings. The summed E-state index contributed by atoms with van der Waals surface area (Å²) < 4.78 is 5.54. The zero-order valence-corrected chi connectivity index (χ0v) is 10.7. The van der Waals surface area contributed by atoms with Crippen LogP contribution in [0.3, 0.4) is 0 Å². The number of hydrogen-bond donors (Lipinski definition) is 1. The van der Waals surface area contributed by atoms with Gasteiger partial charge >= 0.3 is 0 Å². The van der Waals surface area contributed by atoms with Crippen LogP contribution in [0.4, 0.5) is 0 Å². The van der Waals surface area contributed by atoms with Crippen molar-refractivity contribution in [1.82, 2.24) is 9.88 Å². The molecule has 98 valence electrons. The van der Waals surface area contributed by atoms with Crippen molar-refractivity contribution in [3.05, 3.63) is 36.0 Å². The Balaban J connectivity index is 1.86. The van der Waals surface area contributed by atoms with Gasteiger partial charge in [0.05, 0.1) is 0 Å². The molecule has 0 unspecified atom stereocenters. The van der Waals surface area contributed by atoms with Gasteiger partial charge in [0.1, 0.15) is 6.61 Å². The average molecular weight is 247 g/mol. The van der Waals surface area contributed by atoms with E-state index in [1.165, 1.54) is 31.5 Å². The molecule has 0 radical (unpaired) electrons. The molecule has 1 aromatic rings. The minimum atomic E-state index is 0.525. The van der Waals surface area contributed by atoms with Crippen LogP contribution in [0.25, 0.3) is 0 Å². The van der Waals surface area contributed by atoms with Crippen LogP contribution in [0.15, 0.2) is 30.5 Å². The Labute approximate surface area is 108 Å². The van der Waals surface area contributed by atoms with Gasteiger partial charge in [0.2, 0.25) is 5.88 Å². The molecule has 0 atom stereocenters. The standard InChI is InChI=1S/C14H21N3O/c15-6-1-4-10-18-14-11-13(5-7-16-14)12-17-8-2-3-9-17/h1,4-5,7,11H,2-3,6,8-10,12,15H2. The molecule has 1 saturated heterocycles. The monoisotopic (exact) mass is 247 g/mol. The van der Waals surface area contributed by atoms with E-state index in [4.69, 9.17) is 10.5 Å². The third-order valence-electron chi connectivity index (χ3n) is 3.03. The molecule has 1 aliphatic heterocycles. The average Bonchev–Trinajstić information content (AvgIpc) is 2.88. The van der Waals surface area contributed by atoms with Crippen molar-refractivity contribution >= 4 is 0 Å². The van der Waals surface area contributed by atoms with Crippen molar-refractivity contribution in [1.29, 1.82) is 0 Å². The number of nitrogens with two attached hydrogens (primary N) is 1. The van der Waals surface area contributed by atoms with Gasteiger partial charge < -0.3 is 10.5 Å². The molecule has 0 aliphatic carbocycles. The second-order valence-electron chi connectivity index (χ2n) is 4.50. The predicted molar refractivity (Wildman–Crippen MR) is 72.4 cm³/mol. The van der Waals surface area contributed by atoms with Gasteiger partial charge in [-0.15, -0.1) is 0 Å². The van der Waals surface area contributed by atoms with E-state index >= 15 is 0 Å². The van der Waals surface area contributed by atoms with Crippen LogP contribution in [0.2, 0.25) is 0 Å². The summed E-state index contributed by atoms with van der Waals surface area (Å²) >= 11 is 0. The largest absolute Gasteiger partial charge is 0.473 e. The van der Waals surface area contributed by atoms with E-state index in [9.17, 15) is 0 Å². The fourth-order valence-corrected chi connectivity index (χ4v) is 2.12. The van der Waals surface area contributed by atoms with Crippen molar-refractivity contribution in [2.45, 2.75) is 19.4 Å². The summed E-state index contributed by atoms with van der Waals surface area (Å²) in [6, 6.07) is 4.08. The molecular formula is C14H21N3O. The lowest BCUT2D eigenvalue weighted by molar-refractivity contribution is 0.326. The summed E-state index contributed by atoms with van der Waals surface area (Å²) in [6.07, 6.45) is 8.24. The zero-order valence-electron chi connectivity index (χ0n) is 10.7. The Morgan fingerprint density at radius 1 is 1.33 bits per heavy atom. The minimum absolute atomic E-state index is 0.525. The van der Waals surface area contributed by atoms with E-state index in [-0.39, 0.29) is 0 Å². The second-order valence-corrected chi connectivity index (χ2v) is 4.50. The minimum Gasteiger partial charge on any atom is -0.473 e. The summed E-state index contributed by atoms with van der Waals surface area (Å²) in [4.78, 5) is 6.67. The van der Waals surface area contributed by atoms with Crippen molar-refractivity contribution < 1.29 is 4.74 Å².